The molecule has 1 atom stereocenters. The SMILES string of the molecule is COc1ccccc1N1CC[C@@H](CNC(=O)c2cncc(C)c2)C1. The van der Waals surface area contributed by atoms with Gasteiger partial charge in [0.25, 0.3) is 5.91 Å². The lowest BCUT2D eigenvalue weighted by atomic mass is 10.1. The summed E-state index contributed by atoms with van der Waals surface area (Å²) < 4.78 is 5.44. The van der Waals surface area contributed by atoms with Crippen LogP contribution < -0.4 is 15.0 Å². The first kappa shape index (κ1) is 16.3. The Balaban J connectivity index is 1.56. The number of rotatable bonds is 5. The van der Waals surface area contributed by atoms with E-state index in [0.717, 1.165) is 36.5 Å². The van der Waals surface area contributed by atoms with E-state index in [1.165, 1.54) is 0 Å². The van der Waals surface area contributed by atoms with E-state index in [2.05, 4.69) is 21.3 Å². The summed E-state index contributed by atoms with van der Waals surface area (Å²) in [5.41, 5.74) is 2.73. The molecule has 2 aromatic rings. The number of aryl methyl sites for hydroxylation is 1. The van der Waals surface area contributed by atoms with E-state index in [1.807, 2.05) is 31.2 Å². The van der Waals surface area contributed by atoms with Crippen molar-refractivity contribution in [3.8, 4) is 5.75 Å². The van der Waals surface area contributed by atoms with Gasteiger partial charge in [0.2, 0.25) is 0 Å². The molecule has 2 heterocycles. The van der Waals surface area contributed by atoms with Gasteiger partial charge in [0.15, 0.2) is 0 Å². The molecule has 5 heteroatoms. The van der Waals surface area contributed by atoms with Crippen molar-refractivity contribution in [2.24, 2.45) is 5.92 Å². The highest BCUT2D eigenvalue weighted by molar-refractivity contribution is 5.94. The molecule has 0 bridgehead atoms. The van der Waals surface area contributed by atoms with Crippen molar-refractivity contribution in [1.29, 1.82) is 0 Å². The lowest BCUT2D eigenvalue weighted by molar-refractivity contribution is 0.0948. The van der Waals surface area contributed by atoms with Crippen LogP contribution in [0, 0.1) is 12.8 Å². The monoisotopic (exact) mass is 325 g/mol. The molecule has 1 amide bonds. The van der Waals surface area contributed by atoms with Gasteiger partial charge in [0.1, 0.15) is 5.75 Å². The molecule has 0 spiro atoms. The number of benzene rings is 1. The average Bonchev–Trinajstić information content (AvgIpc) is 3.08. The fraction of sp³-hybridized carbons (Fsp3) is 0.368. The number of ether oxygens (including phenoxy) is 1. The van der Waals surface area contributed by atoms with Crippen LogP contribution in [0.15, 0.2) is 42.7 Å². The zero-order chi connectivity index (χ0) is 16.9. The third kappa shape index (κ3) is 3.67. The number of aromatic nitrogens is 1. The third-order valence-corrected chi connectivity index (χ3v) is 4.40. The normalized spacial score (nSPS) is 16.9. The smallest absolute Gasteiger partial charge is 0.252 e. The molecule has 3 rings (SSSR count). The second-order valence-electron chi connectivity index (χ2n) is 6.23. The number of pyridine rings is 1. The van der Waals surface area contributed by atoms with E-state index in [-0.39, 0.29) is 5.91 Å². The lowest BCUT2D eigenvalue weighted by Gasteiger charge is -2.21. The Morgan fingerprint density at radius 1 is 1.38 bits per heavy atom. The zero-order valence-electron chi connectivity index (χ0n) is 14.2. The van der Waals surface area contributed by atoms with Gasteiger partial charge >= 0.3 is 0 Å². The highest BCUT2D eigenvalue weighted by atomic mass is 16.5. The molecule has 126 valence electrons. The second kappa shape index (κ2) is 7.34. The molecule has 1 N–H and O–H groups in total. The minimum atomic E-state index is -0.0538. The molecular formula is C19H23N3O2. The maximum absolute atomic E-state index is 12.2. The molecule has 0 saturated carbocycles. The van der Waals surface area contributed by atoms with Crippen LogP contribution in [0.1, 0.15) is 22.3 Å². The molecule has 1 aromatic carbocycles. The number of para-hydroxylation sites is 2. The minimum absolute atomic E-state index is 0.0538. The highest BCUT2D eigenvalue weighted by Gasteiger charge is 2.25. The molecule has 0 unspecified atom stereocenters. The Kier molecular flexibility index (Phi) is 4.99. The number of methoxy groups -OCH3 is 1. The molecule has 1 aliphatic heterocycles. The Bertz CT molecular complexity index is 717. The predicted octanol–water partition coefficient (Wildman–Crippen LogP) is 2.65. The molecule has 1 aliphatic rings. The van der Waals surface area contributed by atoms with Crippen LogP contribution in [0.2, 0.25) is 0 Å². The van der Waals surface area contributed by atoms with Crippen molar-refractivity contribution in [2.45, 2.75) is 13.3 Å². The number of nitrogens with zero attached hydrogens (tertiary/aromatic N) is 2. The fourth-order valence-corrected chi connectivity index (χ4v) is 3.13. The van der Waals surface area contributed by atoms with Crippen LogP contribution in [-0.4, -0.2) is 37.6 Å². The van der Waals surface area contributed by atoms with Gasteiger partial charge in [0, 0.05) is 32.0 Å². The Hall–Kier alpha value is -2.56. The highest BCUT2D eigenvalue weighted by Crippen LogP contribution is 2.31. The molecule has 0 radical (unpaired) electrons. The van der Waals surface area contributed by atoms with E-state index in [4.69, 9.17) is 4.74 Å². The van der Waals surface area contributed by atoms with Crippen molar-refractivity contribution in [1.82, 2.24) is 10.3 Å². The van der Waals surface area contributed by atoms with Gasteiger partial charge in [0.05, 0.1) is 18.4 Å². The van der Waals surface area contributed by atoms with Gasteiger partial charge in [-0.2, -0.15) is 0 Å². The summed E-state index contributed by atoms with van der Waals surface area (Å²) in [4.78, 5) is 18.6. The maximum Gasteiger partial charge on any atom is 0.252 e. The lowest BCUT2D eigenvalue weighted by Crippen LogP contribution is -2.31. The average molecular weight is 325 g/mol. The van der Waals surface area contributed by atoms with Crippen LogP contribution in [0.25, 0.3) is 0 Å². The van der Waals surface area contributed by atoms with Gasteiger partial charge in [-0.05, 0) is 43.0 Å². The van der Waals surface area contributed by atoms with Crippen molar-refractivity contribution in [3.05, 3.63) is 53.9 Å². The van der Waals surface area contributed by atoms with E-state index in [1.54, 1.807) is 19.5 Å². The van der Waals surface area contributed by atoms with E-state index in [9.17, 15) is 4.79 Å². The number of hydrogen-bond acceptors (Lipinski definition) is 4. The van der Waals surface area contributed by atoms with Crippen molar-refractivity contribution in [2.75, 3.05) is 31.6 Å². The van der Waals surface area contributed by atoms with E-state index in [0.29, 0.717) is 18.0 Å². The summed E-state index contributed by atoms with van der Waals surface area (Å²) in [6, 6.07) is 9.93. The van der Waals surface area contributed by atoms with Crippen LogP contribution in [0.3, 0.4) is 0 Å². The molecule has 1 saturated heterocycles. The first-order valence-corrected chi connectivity index (χ1v) is 8.25. The van der Waals surface area contributed by atoms with Crippen molar-refractivity contribution >= 4 is 11.6 Å². The summed E-state index contributed by atoms with van der Waals surface area (Å²) in [6.07, 6.45) is 4.42. The third-order valence-electron chi connectivity index (χ3n) is 4.40. The quantitative estimate of drug-likeness (QED) is 0.918. The van der Waals surface area contributed by atoms with E-state index >= 15 is 0 Å². The summed E-state index contributed by atoms with van der Waals surface area (Å²) in [5, 5.41) is 3.03. The van der Waals surface area contributed by atoms with Gasteiger partial charge < -0.3 is 15.0 Å². The molecule has 5 nitrogen and oxygen atoms in total. The molecular weight excluding hydrogens is 302 g/mol. The summed E-state index contributed by atoms with van der Waals surface area (Å²) in [6.45, 7) is 4.52. The number of nitrogens with one attached hydrogen (secondary N) is 1. The number of amides is 1. The Labute approximate surface area is 142 Å². The van der Waals surface area contributed by atoms with Crippen LogP contribution >= 0.6 is 0 Å². The van der Waals surface area contributed by atoms with Crippen LogP contribution in [0.5, 0.6) is 5.75 Å². The summed E-state index contributed by atoms with van der Waals surface area (Å²) in [5.74, 6) is 1.28. The zero-order valence-corrected chi connectivity index (χ0v) is 14.2. The summed E-state index contributed by atoms with van der Waals surface area (Å²) >= 11 is 0. The van der Waals surface area contributed by atoms with Crippen LogP contribution in [0.4, 0.5) is 5.69 Å². The van der Waals surface area contributed by atoms with Crippen molar-refractivity contribution < 1.29 is 9.53 Å². The number of anilines is 1. The van der Waals surface area contributed by atoms with E-state index < -0.39 is 0 Å². The predicted molar refractivity (Wildman–Crippen MR) is 94.6 cm³/mol. The molecule has 1 aromatic heterocycles. The second-order valence-corrected chi connectivity index (χ2v) is 6.23. The Morgan fingerprint density at radius 3 is 3.00 bits per heavy atom. The number of hydrogen-bond donors (Lipinski definition) is 1. The minimum Gasteiger partial charge on any atom is -0.495 e. The summed E-state index contributed by atoms with van der Waals surface area (Å²) in [7, 11) is 1.70. The first-order chi connectivity index (χ1) is 11.7. The maximum atomic E-state index is 12.2. The van der Waals surface area contributed by atoms with Crippen molar-refractivity contribution in [3.63, 3.8) is 0 Å². The van der Waals surface area contributed by atoms with Gasteiger partial charge in [-0.15, -0.1) is 0 Å². The fourth-order valence-electron chi connectivity index (χ4n) is 3.13. The largest absolute Gasteiger partial charge is 0.495 e. The molecule has 0 aliphatic carbocycles. The van der Waals surface area contributed by atoms with Crippen LogP contribution in [-0.2, 0) is 0 Å². The van der Waals surface area contributed by atoms with Gasteiger partial charge in [-0.25, -0.2) is 0 Å². The topological polar surface area (TPSA) is 54.5 Å². The number of carbonyl (C=O) groups is 1. The first-order valence-electron chi connectivity index (χ1n) is 8.25. The Morgan fingerprint density at radius 2 is 2.21 bits per heavy atom. The number of carbonyl (C=O) groups excluding carboxylic acids is 1. The molecule has 1 fully saturated rings. The van der Waals surface area contributed by atoms with Gasteiger partial charge in [-0.3, -0.25) is 9.78 Å². The molecule has 24 heavy (non-hydrogen) atoms. The van der Waals surface area contributed by atoms with Gasteiger partial charge in [-0.1, -0.05) is 12.1 Å². The standard InChI is InChI=1S/C19H23N3O2/c1-14-9-16(12-20-10-14)19(23)21-11-15-7-8-22(13-15)17-5-3-4-6-18(17)24-2/h3-6,9-10,12,15H,7-8,11,13H2,1-2H3,(H,21,23)/t15-/m0/s1.